The fourth-order valence-electron chi connectivity index (χ4n) is 2.30. The van der Waals surface area contributed by atoms with Crippen LogP contribution >= 0.6 is 7.60 Å². The van der Waals surface area contributed by atoms with Crippen LogP contribution in [0.5, 0.6) is 0 Å². The van der Waals surface area contributed by atoms with E-state index < -0.39 is 55.8 Å². The Morgan fingerprint density at radius 3 is 1.75 bits per heavy atom. The van der Waals surface area contributed by atoms with Crippen LogP contribution in [0.2, 0.25) is 0 Å². The molecule has 0 spiro atoms. The molecule has 36 heavy (non-hydrogen) atoms. The minimum Gasteiger partial charge on any atom is -0.438 e. The van der Waals surface area contributed by atoms with Crippen LogP contribution in [-0.2, 0) is 42.3 Å². The molecule has 0 radical (unpaired) electrons. The minimum atomic E-state index is -3.93. The van der Waals surface area contributed by atoms with Crippen LogP contribution in [0.15, 0.2) is 30.3 Å². The first-order valence-electron chi connectivity index (χ1n) is 11.3. The Balaban J connectivity index is 2.67. The highest BCUT2D eigenvalue weighted by Gasteiger charge is 2.30. The summed E-state index contributed by atoms with van der Waals surface area (Å²) in [5.41, 5.74) is -1.33. The maximum Gasteiger partial charge on any atom is 0.363 e. The summed E-state index contributed by atoms with van der Waals surface area (Å²) in [5, 5.41) is 0.790. The van der Waals surface area contributed by atoms with E-state index in [1.807, 2.05) is 0 Å². The summed E-state index contributed by atoms with van der Waals surface area (Å²) in [4.78, 5) is 53.4. The lowest BCUT2D eigenvalue weighted by Crippen LogP contribution is -2.30. The van der Waals surface area contributed by atoms with Crippen molar-refractivity contribution < 1.29 is 47.1 Å². The van der Waals surface area contributed by atoms with Crippen molar-refractivity contribution in [1.29, 1.82) is 0 Å². The van der Waals surface area contributed by atoms with Crippen molar-refractivity contribution in [1.82, 2.24) is 5.06 Å². The number of benzene rings is 1. The number of rotatable bonds is 11. The maximum atomic E-state index is 13.2. The summed E-state index contributed by atoms with van der Waals surface area (Å²) in [5.74, 6) is -2.41. The van der Waals surface area contributed by atoms with Crippen molar-refractivity contribution in [2.24, 2.45) is 10.8 Å². The molecule has 0 fully saturated rings. The SMILES string of the molecule is CN(OC(=O)c1ccccc1)C(=O)CCCP(=O)(OCOC(=O)C(C)(C)C)OCOC(=O)C(C)(C)C. The predicted molar refractivity (Wildman–Crippen MR) is 129 cm³/mol. The molecule has 1 rings (SSSR count). The smallest absolute Gasteiger partial charge is 0.363 e. The minimum absolute atomic E-state index is 0.0176. The van der Waals surface area contributed by atoms with Crippen LogP contribution in [0.1, 0.15) is 64.7 Å². The second-order valence-corrected chi connectivity index (χ2v) is 12.1. The van der Waals surface area contributed by atoms with E-state index in [1.54, 1.807) is 71.9 Å². The lowest BCUT2D eigenvalue weighted by Gasteiger charge is -2.22. The average molecular weight is 530 g/mol. The molecule has 202 valence electrons. The average Bonchev–Trinajstić information content (AvgIpc) is 2.78. The third-order valence-electron chi connectivity index (χ3n) is 4.51. The summed E-state index contributed by atoms with van der Waals surface area (Å²) in [7, 11) is -2.65. The van der Waals surface area contributed by atoms with Gasteiger partial charge in [-0.05, 0) is 60.1 Å². The van der Waals surface area contributed by atoms with Gasteiger partial charge in [0.1, 0.15) is 0 Å². The largest absolute Gasteiger partial charge is 0.438 e. The topological polar surface area (TPSA) is 135 Å². The summed E-state index contributed by atoms with van der Waals surface area (Å²) in [6.45, 7) is 8.56. The monoisotopic (exact) mass is 529 g/mol. The maximum absolute atomic E-state index is 13.2. The molecule has 0 aliphatic heterocycles. The molecule has 0 bridgehead atoms. The molecule has 0 N–H and O–H groups in total. The second-order valence-electron chi connectivity index (χ2n) is 9.93. The Bertz CT molecular complexity index is 914. The highest BCUT2D eigenvalue weighted by molar-refractivity contribution is 7.53. The predicted octanol–water partition coefficient (Wildman–Crippen LogP) is 4.32. The molecule has 0 aliphatic rings. The first-order valence-corrected chi connectivity index (χ1v) is 13.0. The van der Waals surface area contributed by atoms with Crippen molar-refractivity contribution in [3.05, 3.63) is 35.9 Å². The van der Waals surface area contributed by atoms with E-state index in [2.05, 4.69) is 0 Å². The zero-order valence-corrected chi connectivity index (χ0v) is 22.8. The summed E-state index contributed by atoms with van der Waals surface area (Å²) >= 11 is 0. The molecule has 0 saturated carbocycles. The molecule has 0 saturated heterocycles. The fraction of sp³-hybridized carbons (Fsp3) is 0.583. The van der Waals surface area contributed by atoms with Gasteiger partial charge < -0.3 is 14.3 Å². The fourth-order valence-corrected chi connectivity index (χ4v) is 3.61. The van der Waals surface area contributed by atoms with Crippen LogP contribution in [-0.4, -0.2) is 55.7 Å². The Labute approximate surface area is 211 Å². The van der Waals surface area contributed by atoms with E-state index in [0.29, 0.717) is 0 Å². The lowest BCUT2D eigenvalue weighted by molar-refractivity contribution is -0.162. The zero-order chi connectivity index (χ0) is 27.6. The number of amides is 1. The highest BCUT2D eigenvalue weighted by Crippen LogP contribution is 2.49. The van der Waals surface area contributed by atoms with Crippen LogP contribution in [0.25, 0.3) is 0 Å². The molecule has 0 unspecified atom stereocenters. The van der Waals surface area contributed by atoms with Crippen molar-refractivity contribution >= 4 is 31.4 Å². The Morgan fingerprint density at radius 2 is 1.31 bits per heavy atom. The third-order valence-corrected chi connectivity index (χ3v) is 6.37. The molecule has 12 heteroatoms. The van der Waals surface area contributed by atoms with E-state index in [1.165, 1.54) is 7.05 Å². The van der Waals surface area contributed by atoms with E-state index >= 15 is 0 Å². The zero-order valence-electron chi connectivity index (χ0n) is 21.9. The molecule has 0 aliphatic carbocycles. The van der Waals surface area contributed by atoms with Crippen LogP contribution in [0, 0.1) is 10.8 Å². The Morgan fingerprint density at radius 1 is 0.833 bits per heavy atom. The van der Waals surface area contributed by atoms with E-state index in [-0.39, 0.29) is 24.6 Å². The van der Waals surface area contributed by atoms with Crippen LogP contribution in [0.4, 0.5) is 0 Å². The van der Waals surface area contributed by atoms with Gasteiger partial charge in [-0.2, -0.15) is 5.06 Å². The number of carbonyl (C=O) groups is 4. The molecular formula is C24H36NO10P. The van der Waals surface area contributed by atoms with Crippen LogP contribution in [0.3, 0.4) is 0 Å². The van der Waals surface area contributed by atoms with Crippen molar-refractivity contribution in [3.63, 3.8) is 0 Å². The van der Waals surface area contributed by atoms with Gasteiger partial charge in [-0.15, -0.1) is 0 Å². The van der Waals surface area contributed by atoms with Crippen molar-refractivity contribution in [3.8, 4) is 0 Å². The molecular weight excluding hydrogens is 493 g/mol. The van der Waals surface area contributed by atoms with E-state index in [0.717, 1.165) is 5.06 Å². The standard InChI is InChI=1S/C24H36NO10P/c1-23(2,3)21(28)31-16-33-36(30,34-17-32-22(29)24(4,5)6)15-11-14-19(26)25(7)35-20(27)18-12-9-8-10-13-18/h8-10,12-13H,11,14-17H2,1-7H3. The quantitative estimate of drug-likeness (QED) is 0.176. The number of esters is 2. The van der Waals surface area contributed by atoms with Gasteiger partial charge in [0.15, 0.2) is 0 Å². The van der Waals surface area contributed by atoms with Crippen LogP contribution < -0.4 is 0 Å². The number of ether oxygens (including phenoxy) is 2. The van der Waals surface area contributed by atoms with E-state index in [4.69, 9.17) is 23.4 Å². The molecule has 1 amide bonds. The van der Waals surface area contributed by atoms with Gasteiger partial charge in [-0.3, -0.25) is 28.0 Å². The van der Waals surface area contributed by atoms with Gasteiger partial charge in [0.05, 0.1) is 22.6 Å². The van der Waals surface area contributed by atoms with Gasteiger partial charge in [0.25, 0.3) is 5.91 Å². The lowest BCUT2D eigenvalue weighted by atomic mass is 9.98. The number of nitrogens with zero attached hydrogens (tertiary/aromatic N) is 1. The Kier molecular flexibility index (Phi) is 11.8. The van der Waals surface area contributed by atoms with Gasteiger partial charge in [-0.25, -0.2) is 4.79 Å². The molecule has 0 heterocycles. The number of carbonyl (C=O) groups excluding carboxylic acids is 4. The molecule has 1 aromatic carbocycles. The first-order chi connectivity index (χ1) is 16.5. The molecule has 0 atom stereocenters. The molecule has 11 nitrogen and oxygen atoms in total. The van der Waals surface area contributed by atoms with Gasteiger partial charge in [0, 0.05) is 13.5 Å². The normalized spacial score (nSPS) is 12.0. The van der Waals surface area contributed by atoms with Crippen molar-refractivity contribution in [2.45, 2.75) is 54.4 Å². The Hall–Kier alpha value is -2.75. The highest BCUT2D eigenvalue weighted by atomic mass is 31.2. The summed E-state index contributed by atoms with van der Waals surface area (Å²) in [6.07, 6.45) is -0.387. The third kappa shape index (κ3) is 11.3. The number of hydrogen-bond acceptors (Lipinski definition) is 10. The summed E-state index contributed by atoms with van der Waals surface area (Å²) < 4.78 is 33.5. The number of hydrogen-bond donors (Lipinski definition) is 0. The first kappa shape index (κ1) is 31.3. The van der Waals surface area contributed by atoms with Gasteiger partial charge in [0.2, 0.25) is 13.6 Å². The molecule has 0 aromatic heterocycles. The van der Waals surface area contributed by atoms with Gasteiger partial charge in [-0.1, -0.05) is 18.2 Å². The number of hydroxylamine groups is 2. The molecule has 1 aromatic rings. The van der Waals surface area contributed by atoms with E-state index in [9.17, 15) is 23.7 Å². The van der Waals surface area contributed by atoms with Crippen molar-refractivity contribution in [2.75, 3.05) is 26.8 Å². The van der Waals surface area contributed by atoms with Gasteiger partial charge >= 0.3 is 25.5 Å². The summed E-state index contributed by atoms with van der Waals surface area (Å²) in [6, 6.07) is 8.15. The second kappa shape index (κ2) is 13.5.